The summed E-state index contributed by atoms with van der Waals surface area (Å²) in [6.45, 7) is 5.78. The van der Waals surface area contributed by atoms with Gasteiger partial charge in [0.05, 0.1) is 11.0 Å². The number of nitro benzene ring substituents is 1. The van der Waals surface area contributed by atoms with Crippen LogP contribution >= 0.6 is 0 Å². The summed E-state index contributed by atoms with van der Waals surface area (Å²) < 4.78 is 4.93. The lowest BCUT2D eigenvalue weighted by Crippen LogP contribution is -2.30. The van der Waals surface area contributed by atoms with E-state index in [1.54, 1.807) is 6.07 Å². The molecular formula is C23H26N2O5. The lowest BCUT2D eigenvalue weighted by molar-refractivity contribution is -0.384. The third-order valence-corrected chi connectivity index (χ3v) is 4.34. The van der Waals surface area contributed by atoms with Crippen molar-refractivity contribution in [3.8, 4) is 0 Å². The Morgan fingerprint density at radius 3 is 2.47 bits per heavy atom. The van der Waals surface area contributed by atoms with E-state index in [2.05, 4.69) is 31.3 Å². The fourth-order valence-electron chi connectivity index (χ4n) is 2.87. The van der Waals surface area contributed by atoms with Gasteiger partial charge in [-0.1, -0.05) is 50.2 Å². The van der Waals surface area contributed by atoms with Crippen LogP contribution in [0.2, 0.25) is 0 Å². The molecule has 1 N–H and O–H groups in total. The monoisotopic (exact) mass is 410 g/mol. The van der Waals surface area contributed by atoms with Gasteiger partial charge >= 0.3 is 5.97 Å². The third-order valence-electron chi connectivity index (χ3n) is 4.34. The molecule has 0 aromatic heterocycles. The summed E-state index contributed by atoms with van der Waals surface area (Å²) in [7, 11) is 0. The van der Waals surface area contributed by atoms with Gasteiger partial charge in [0.25, 0.3) is 11.6 Å². The first-order valence-corrected chi connectivity index (χ1v) is 9.72. The van der Waals surface area contributed by atoms with Crippen LogP contribution in [0.15, 0.2) is 54.6 Å². The third kappa shape index (κ3) is 7.50. The van der Waals surface area contributed by atoms with Crippen molar-refractivity contribution in [1.29, 1.82) is 0 Å². The number of hydrogen-bond donors (Lipinski definition) is 1. The molecular weight excluding hydrogens is 384 g/mol. The van der Waals surface area contributed by atoms with Crippen LogP contribution in [0.3, 0.4) is 0 Å². The van der Waals surface area contributed by atoms with E-state index in [-0.39, 0.29) is 11.7 Å². The lowest BCUT2D eigenvalue weighted by atomic mass is 10.00. The van der Waals surface area contributed by atoms with E-state index in [1.165, 1.54) is 29.8 Å². The topological polar surface area (TPSA) is 98.5 Å². The van der Waals surface area contributed by atoms with E-state index >= 15 is 0 Å². The molecule has 7 heteroatoms. The summed E-state index contributed by atoms with van der Waals surface area (Å²) >= 11 is 0. The van der Waals surface area contributed by atoms with E-state index in [9.17, 15) is 19.7 Å². The molecule has 1 atom stereocenters. The van der Waals surface area contributed by atoms with Gasteiger partial charge in [-0.2, -0.15) is 0 Å². The summed E-state index contributed by atoms with van der Waals surface area (Å²) in [6, 6.07) is 13.7. The second-order valence-corrected chi connectivity index (χ2v) is 7.42. The van der Waals surface area contributed by atoms with Crippen molar-refractivity contribution < 1.29 is 19.2 Å². The van der Waals surface area contributed by atoms with E-state index in [0.717, 1.165) is 18.1 Å². The Bertz CT molecular complexity index is 919. The summed E-state index contributed by atoms with van der Waals surface area (Å²) in [4.78, 5) is 34.1. The Balaban J connectivity index is 1.81. The maximum Gasteiger partial charge on any atom is 0.331 e. The van der Waals surface area contributed by atoms with Crippen LogP contribution in [0.1, 0.15) is 43.5 Å². The second-order valence-electron chi connectivity index (χ2n) is 7.42. The molecule has 7 nitrogen and oxygen atoms in total. The first kappa shape index (κ1) is 22.8. The van der Waals surface area contributed by atoms with Crippen molar-refractivity contribution in [1.82, 2.24) is 5.32 Å². The van der Waals surface area contributed by atoms with Gasteiger partial charge in [-0.15, -0.1) is 0 Å². The molecule has 2 rings (SSSR count). The van der Waals surface area contributed by atoms with Gasteiger partial charge in [-0.05, 0) is 42.0 Å². The maximum atomic E-state index is 12.1. The quantitative estimate of drug-likeness (QED) is 0.289. The predicted molar refractivity (Wildman–Crippen MR) is 115 cm³/mol. The van der Waals surface area contributed by atoms with Gasteiger partial charge in [-0.25, -0.2) is 4.79 Å². The Kier molecular flexibility index (Phi) is 8.29. The summed E-state index contributed by atoms with van der Waals surface area (Å²) in [5.74, 6) is -0.540. The number of benzene rings is 2. The van der Waals surface area contributed by atoms with Crippen molar-refractivity contribution in [3.63, 3.8) is 0 Å². The van der Waals surface area contributed by atoms with Crippen LogP contribution in [0.5, 0.6) is 0 Å². The number of ether oxygens (including phenoxy) is 1. The zero-order valence-electron chi connectivity index (χ0n) is 17.3. The van der Waals surface area contributed by atoms with Crippen LogP contribution in [-0.4, -0.2) is 23.4 Å². The zero-order chi connectivity index (χ0) is 22.1. The van der Waals surface area contributed by atoms with Crippen LogP contribution < -0.4 is 5.32 Å². The first-order valence-electron chi connectivity index (χ1n) is 9.72. The number of nitrogens with zero attached hydrogens (tertiary/aromatic N) is 1. The Labute approximate surface area is 175 Å². The number of nitrogens with one attached hydrogen (secondary N) is 1. The molecule has 0 saturated heterocycles. The lowest BCUT2D eigenvalue weighted by Gasteiger charge is -2.15. The molecule has 0 saturated carbocycles. The maximum absolute atomic E-state index is 12.1. The van der Waals surface area contributed by atoms with Gasteiger partial charge in [-0.3, -0.25) is 14.9 Å². The van der Waals surface area contributed by atoms with Gasteiger partial charge in [0.1, 0.15) is 0 Å². The molecule has 0 spiro atoms. The fraction of sp³-hybridized carbons (Fsp3) is 0.304. The number of non-ortho nitro benzene ring substituents is 1. The summed E-state index contributed by atoms with van der Waals surface area (Å²) in [6.07, 6.45) is 3.53. The molecule has 1 amide bonds. The molecule has 2 aromatic rings. The van der Waals surface area contributed by atoms with Crippen molar-refractivity contribution >= 4 is 23.6 Å². The van der Waals surface area contributed by atoms with Crippen LogP contribution in [0.4, 0.5) is 5.69 Å². The predicted octanol–water partition coefficient (Wildman–Crippen LogP) is 4.23. The molecule has 0 bridgehead atoms. The zero-order valence-corrected chi connectivity index (χ0v) is 17.3. The Morgan fingerprint density at radius 2 is 1.83 bits per heavy atom. The number of esters is 1. The minimum atomic E-state index is -0.706. The molecule has 0 heterocycles. The highest BCUT2D eigenvalue weighted by Gasteiger charge is 2.11. The van der Waals surface area contributed by atoms with E-state index in [0.29, 0.717) is 11.5 Å². The molecule has 30 heavy (non-hydrogen) atoms. The molecule has 0 aliphatic rings. The Hall–Kier alpha value is -3.48. The van der Waals surface area contributed by atoms with Gasteiger partial charge in [0.15, 0.2) is 6.61 Å². The molecule has 0 aliphatic heterocycles. The van der Waals surface area contributed by atoms with Crippen LogP contribution in [-0.2, 0) is 20.7 Å². The Morgan fingerprint density at radius 1 is 1.13 bits per heavy atom. The SMILES string of the molecule is CC(C)Cc1ccc([C@H](C)NC(=O)COC(=O)/C=C/c2cccc([N+](=O)[O-])c2)cc1. The molecule has 0 radical (unpaired) electrons. The summed E-state index contributed by atoms with van der Waals surface area (Å²) in [5, 5.41) is 13.6. The minimum Gasteiger partial charge on any atom is -0.452 e. The van der Waals surface area contributed by atoms with Gasteiger partial charge < -0.3 is 10.1 Å². The number of rotatable bonds is 9. The van der Waals surface area contributed by atoms with Crippen LogP contribution in [0.25, 0.3) is 6.08 Å². The van der Waals surface area contributed by atoms with E-state index in [1.807, 2.05) is 19.1 Å². The standard InChI is InChI=1S/C23H26N2O5/c1-16(2)13-19-7-10-20(11-8-19)17(3)24-22(26)15-30-23(27)12-9-18-5-4-6-21(14-18)25(28)29/h4-12,14,16-17H,13,15H2,1-3H3,(H,24,26)/b12-9+/t17-/m0/s1. The first-order chi connectivity index (χ1) is 14.2. The number of carbonyl (C=O) groups is 2. The largest absolute Gasteiger partial charge is 0.452 e. The molecule has 0 unspecified atom stereocenters. The van der Waals surface area contributed by atoms with E-state index in [4.69, 9.17) is 4.74 Å². The van der Waals surface area contributed by atoms with Gasteiger partial charge in [0, 0.05) is 18.2 Å². The normalized spacial score (nSPS) is 12.0. The molecule has 0 aliphatic carbocycles. The van der Waals surface area contributed by atoms with Crippen molar-refractivity contribution in [2.24, 2.45) is 5.92 Å². The number of amides is 1. The van der Waals surface area contributed by atoms with Crippen molar-refractivity contribution in [2.45, 2.75) is 33.2 Å². The van der Waals surface area contributed by atoms with Crippen molar-refractivity contribution in [2.75, 3.05) is 6.61 Å². The second kappa shape index (κ2) is 10.9. The summed E-state index contributed by atoms with van der Waals surface area (Å²) in [5.41, 5.74) is 2.63. The number of hydrogen-bond acceptors (Lipinski definition) is 5. The highest BCUT2D eigenvalue weighted by molar-refractivity contribution is 5.89. The average Bonchev–Trinajstić information content (AvgIpc) is 2.71. The molecule has 2 aromatic carbocycles. The number of nitro groups is 1. The highest BCUT2D eigenvalue weighted by atomic mass is 16.6. The highest BCUT2D eigenvalue weighted by Crippen LogP contribution is 2.16. The molecule has 158 valence electrons. The number of carbonyl (C=O) groups excluding carboxylic acids is 2. The average molecular weight is 410 g/mol. The van der Waals surface area contributed by atoms with E-state index < -0.39 is 23.4 Å². The van der Waals surface area contributed by atoms with Gasteiger partial charge in [0.2, 0.25) is 0 Å². The smallest absolute Gasteiger partial charge is 0.331 e. The van der Waals surface area contributed by atoms with Crippen molar-refractivity contribution in [3.05, 3.63) is 81.4 Å². The fourth-order valence-corrected chi connectivity index (χ4v) is 2.87. The molecule has 0 fully saturated rings. The minimum absolute atomic E-state index is 0.0730. The van der Waals surface area contributed by atoms with Crippen LogP contribution in [0, 0.1) is 16.0 Å².